The van der Waals surface area contributed by atoms with E-state index in [1.807, 2.05) is 0 Å². The van der Waals surface area contributed by atoms with E-state index in [0.717, 1.165) is 0 Å². The number of sulfonamides is 1. The summed E-state index contributed by atoms with van der Waals surface area (Å²) in [5, 5.41) is 2.57. The topological polar surface area (TPSA) is 127 Å². The number of furan rings is 1. The Kier molecular flexibility index (Phi) is 5.26. The van der Waals surface area contributed by atoms with Crippen LogP contribution in [0, 0.1) is 0 Å². The van der Waals surface area contributed by atoms with E-state index in [2.05, 4.69) is 15.0 Å². The summed E-state index contributed by atoms with van der Waals surface area (Å²) in [5.74, 6) is -0.607. The molecule has 2 aromatic rings. The van der Waals surface area contributed by atoms with Gasteiger partial charge in [0.2, 0.25) is 0 Å². The molecule has 27 heavy (non-hydrogen) atoms. The van der Waals surface area contributed by atoms with E-state index in [4.69, 9.17) is 9.15 Å². The van der Waals surface area contributed by atoms with Gasteiger partial charge in [-0.25, -0.2) is 8.42 Å². The maximum atomic E-state index is 12.0. The van der Waals surface area contributed by atoms with Crippen LogP contribution in [0.15, 0.2) is 57.0 Å². The van der Waals surface area contributed by atoms with Crippen molar-refractivity contribution in [3.05, 3.63) is 54.0 Å². The van der Waals surface area contributed by atoms with Crippen LogP contribution in [0.5, 0.6) is 0 Å². The number of aliphatic imine (C=N–C) groups is 1. The second kappa shape index (κ2) is 7.62. The number of hydrogen-bond acceptors (Lipinski definition) is 7. The second-order valence-corrected chi connectivity index (χ2v) is 7.35. The summed E-state index contributed by atoms with van der Waals surface area (Å²) in [4.78, 5) is 27.9. The summed E-state index contributed by atoms with van der Waals surface area (Å²) in [6.45, 7) is 1.17. The number of hydrogen-bond donors (Lipinski definition) is 2. The van der Waals surface area contributed by atoms with Gasteiger partial charge in [0.1, 0.15) is 18.1 Å². The van der Waals surface area contributed by atoms with E-state index >= 15 is 0 Å². The van der Waals surface area contributed by atoms with E-state index in [0.29, 0.717) is 11.3 Å². The van der Waals surface area contributed by atoms with Gasteiger partial charge in [0, 0.05) is 5.56 Å². The zero-order chi connectivity index (χ0) is 19.4. The van der Waals surface area contributed by atoms with Crippen LogP contribution in [0.1, 0.15) is 18.2 Å². The number of benzene rings is 1. The monoisotopic (exact) mass is 391 g/mol. The molecule has 0 fully saturated rings. The Hall–Kier alpha value is -3.14. The molecule has 10 heteroatoms. The Morgan fingerprint density at radius 1 is 1.26 bits per heavy atom. The number of carbonyl (C=O) groups excluding carboxylic acids is 2. The molecule has 9 nitrogen and oxygen atoms in total. The van der Waals surface area contributed by atoms with Gasteiger partial charge in [0.15, 0.2) is 6.10 Å². The largest absolute Gasteiger partial charge is 0.467 e. The zero-order valence-electron chi connectivity index (χ0n) is 14.3. The smallest absolute Gasteiger partial charge is 0.328 e. The fraction of sp³-hybridized carbons (Fsp3) is 0.235. The number of amidine groups is 1. The van der Waals surface area contributed by atoms with Crippen molar-refractivity contribution in [3.8, 4) is 0 Å². The van der Waals surface area contributed by atoms with Gasteiger partial charge in [0.05, 0.1) is 17.7 Å². The first-order valence-electron chi connectivity index (χ1n) is 8.03. The molecule has 2 N–H and O–H groups in total. The number of amides is 1. The van der Waals surface area contributed by atoms with Crippen LogP contribution in [0.4, 0.5) is 0 Å². The fourth-order valence-corrected chi connectivity index (χ4v) is 3.66. The van der Waals surface area contributed by atoms with Crippen molar-refractivity contribution in [1.29, 1.82) is 0 Å². The maximum absolute atomic E-state index is 12.0. The van der Waals surface area contributed by atoms with Crippen molar-refractivity contribution >= 4 is 27.7 Å². The molecule has 142 valence electrons. The molecule has 0 aliphatic carbocycles. The van der Waals surface area contributed by atoms with Gasteiger partial charge in [0.25, 0.3) is 15.9 Å². The quantitative estimate of drug-likeness (QED) is 0.693. The van der Waals surface area contributed by atoms with Crippen LogP contribution in [0.3, 0.4) is 0 Å². The Balaban J connectivity index is 1.55. The van der Waals surface area contributed by atoms with Crippen LogP contribution in [-0.2, 0) is 30.9 Å². The molecule has 0 bridgehead atoms. The second-order valence-electron chi connectivity index (χ2n) is 5.70. The summed E-state index contributed by atoms with van der Waals surface area (Å²) in [5.41, 5.74) is 0.384. The Morgan fingerprint density at radius 2 is 2.04 bits per heavy atom. The molecular formula is C17H17N3O6S. The van der Waals surface area contributed by atoms with Crippen molar-refractivity contribution in [1.82, 2.24) is 10.0 Å². The third-order valence-corrected chi connectivity index (χ3v) is 5.12. The number of rotatable bonds is 6. The van der Waals surface area contributed by atoms with Crippen molar-refractivity contribution in [2.24, 2.45) is 4.99 Å². The number of esters is 1. The zero-order valence-corrected chi connectivity index (χ0v) is 15.2. The molecule has 0 saturated heterocycles. The van der Waals surface area contributed by atoms with Gasteiger partial charge >= 0.3 is 5.97 Å². The highest BCUT2D eigenvalue weighted by molar-refractivity contribution is 7.90. The summed E-state index contributed by atoms with van der Waals surface area (Å²) in [6.07, 6.45) is 0.458. The van der Waals surface area contributed by atoms with Gasteiger partial charge in [-0.05, 0) is 31.2 Å². The summed E-state index contributed by atoms with van der Waals surface area (Å²) in [7, 11) is -3.67. The first-order chi connectivity index (χ1) is 12.9. The summed E-state index contributed by atoms with van der Waals surface area (Å²) < 4.78 is 36.3. The molecular weight excluding hydrogens is 374 g/mol. The lowest BCUT2D eigenvalue weighted by Crippen LogP contribution is -2.36. The lowest BCUT2D eigenvalue weighted by Gasteiger charge is -2.12. The van der Waals surface area contributed by atoms with Gasteiger partial charge in [-0.15, -0.1) is 0 Å². The highest BCUT2D eigenvalue weighted by Gasteiger charge is 2.30. The molecule has 1 amide bonds. The predicted molar refractivity (Wildman–Crippen MR) is 94.3 cm³/mol. The number of carbonyl (C=O) groups is 2. The number of ether oxygens (including phenoxy) is 1. The van der Waals surface area contributed by atoms with Crippen LogP contribution >= 0.6 is 0 Å². The summed E-state index contributed by atoms with van der Waals surface area (Å²) >= 11 is 0. The Morgan fingerprint density at radius 3 is 2.78 bits per heavy atom. The van der Waals surface area contributed by atoms with Crippen LogP contribution < -0.4 is 10.0 Å². The molecule has 3 rings (SSSR count). The Labute approximate surface area is 155 Å². The molecule has 1 aromatic heterocycles. The minimum absolute atomic E-state index is 0.0671. The fourth-order valence-electron chi connectivity index (χ4n) is 2.41. The first kappa shape index (κ1) is 18.6. The van der Waals surface area contributed by atoms with Gasteiger partial charge in [-0.3, -0.25) is 19.3 Å². The van der Waals surface area contributed by atoms with E-state index in [-0.39, 0.29) is 17.3 Å². The molecule has 0 radical (unpaired) electrons. The standard InChI is InChI=1S/C17H17N3O6S/c1-11(17(22)19-9-12-5-4-8-25-12)26-15(21)10-18-16-13-6-2-3-7-14(13)27(23,24)20-16/h2-8,11H,9-10H2,1H3,(H,18,20)(H,19,22)/t11-/m0/s1. The Bertz CT molecular complexity index is 982. The van der Waals surface area contributed by atoms with Crippen molar-refractivity contribution < 1.29 is 27.2 Å². The van der Waals surface area contributed by atoms with Gasteiger partial charge in [-0.1, -0.05) is 12.1 Å². The van der Waals surface area contributed by atoms with Gasteiger partial charge < -0.3 is 14.5 Å². The molecule has 0 unspecified atom stereocenters. The molecule has 1 aliphatic rings. The summed E-state index contributed by atoms with van der Waals surface area (Å²) in [6, 6.07) is 9.69. The molecule has 1 aromatic carbocycles. The van der Waals surface area contributed by atoms with Crippen molar-refractivity contribution in [3.63, 3.8) is 0 Å². The highest BCUT2D eigenvalue weighted by atomic mass is 32.2. The SMILES string of the molecule is C[C@H](OC(=O)CN=C1NS(=O)(=O)c2ccccc21)C(=O)NCc1ccco1. The van der Waals surface area contributed by atoms with Crippen molar-refractivity contribution in [2.45, 2.75) is 24.5 Å². The van der Waals surface area contributed by atoms with E-state index < -0.39 is 34.5 Å². The average molecular weight is 391 g/mol. The number of nitrogens with zero attached hydrogens (tertiary/aromatic N) is 1. The van der Waals surface area contributed by atoms with E-state index in [9.17, 15) is 18.0 Å². The van der Waals surface area contributed by atoms with Crippen LogP contribution in [0.2, 0.25) is 0 Å². The number of fused-ring (bicyclic) bond motifs is 1. The molecule has 2 heterocycles. The average Bonchev–Trinajstić information content (AvgIpc) is 3.24. The third-order valence-electron chi connectivity index (χ3n) is 3.72. The molecule has 0 saturated carbocycles. The molecule has 0 spiro atoms. The van der Waals surface area contributed by atoms with E-state index in [1.165, 1.54) is 19.3 Å². The van der Waals surface area contributed by atoms with Crippen LogP contribution in [0.25, 0.3) is 0 Å². The predicted octanol–water partition coefficient (Wildman–Crippen LogP) is 0.566. The van der Waals surface area contributed by atoms with Crippen LogP contribution in [-0.4, -0.2) is 38.8 Å². The normalized spacial score (nSPS) is 17.0. The lowest BCUT2D eigenvalue weighted by molar-refractivity contribution is -0.153. The lowest BCUT2D eigenvalue weighted by atomic mass is 10.2. The molecule has 1 aliphatic heterocycles. The van der Waals surface area contributed by atoms with E-state index in [1.54, 1.807) is 30.3 Å². The first-order valence-corrected chi connectivity index (χ1v) is 9.51. The third kappa shape index (κ3) is 4.34. The number of nitrogens with one attached hydrogen (secondary N) is 2. The molecule has 1 atom stereocenters. The minimum Gasteiger partial charge on any atom is -0.467 e. The highest BCUT2D eigenvalue weighted by Crippen LogP contribution is 2.22. The van der Waals surface area contributed by atoms with Gasteiger partial charge in [-0.2, -0.15) is 0 Å². The van der Waals surface area contributed by atoms with Crippen molar-refractivity contribution in [2.75, 3.05) is 6.54 Å². The minimum atomic E-state index is -3.67. The maximum Gasteiger partial charge on any atom is 0.328 e.